The third kappa shape index (κ3) is 4.43. The summed E-state index contributed by atoms with van der Waals surface area (Å²) in [5.74, 6) is -0.504. The number of benzene rings is 2. The summed E-state index contributed by atoms with van der Waals surface area (Å²) in [5.41, 5.74) is 1.47. The zero-order chi connectivity index (χ0) is 24.4. The zero-order valence-corrected chi connectivity index (χ0v) is 19.4. The van der Waals surface area contributed by atoms with Gasteiger partial charge in [0.2, 0.25) is 5.82 Å². The van der Waals surface area contributed by atoms with E-state index in [9.17, 15) is 14.4 Å². The van der Waals surface area contributed by atoms with Crippen LogP contribution in [0.2, 0.25) is 0 Å². The van der Waals surface area contributed by atoms with Gasteiger partial charge < -0.3 is 14.0 Å². The molecule has 1 aliphatic rings. The van der Waals surface area contributed by atoms with Gasteiger partial charge in [-0.2, -0.15) is 4.98 Å². The molecule has 0 fully saturated rings. The van der Waals surface area contributed by atoms with E-state index in [1.54, 1.807) is 49.4 Å². The van der Waals surface area contributed by atoms with E-state index in [0.29, 0.717) is 34.9 Å². The minimum atomic E-state index is -0.659. The molecule has 2 aromatic heterocycles. The molecule has 0 N–H and O–H groups in total. The predicted octanol–water partition coefficient (Wildman–Crippen LogP) is 4.35. The Labute approximate surface area is 203 Å². The van der Waals surface area contributed by atoms with Gasteiger partial charge in [0.25, 0.3) is 17.7 Å². The molecule has 0 saturated heterocycles. The van der Waals surface area contributed by atoms with E-state index >= 15 is 0 Å². The molecule has 2 amide bonds. The molecule has 35 heavy (non-hydrogen) atoms. The van der Waals surface area contributed by atoms with Gasteiger partial charge in [0.15, 0.2) is 6.61 Å². The van der Waals surface area contributed by atoms with Crippen LogP contribution in [-0.4, -0.2) is 39.4 Å². The van der Waals surface area contributed by atoms with Crippen LogP contribution in [0.25, 0.3) is 10.7 Å². The van der Waals surface area contributed by atoms with Crippen LogP contribution < -0.4 is 4.74 Å². The lowest BCUT2D eigenvalue weighted by atomic mass is 10.1. The topological polar surface area (TPSA) is 112 Å². The highest BCUT2D eigenvalue weighted by Crippen LogP contribution is 2.27. The number of aromatic nitrogens is 2. The average Bonchev–Trinajstić information content (AvgIpc) is 3.62. The van der Waals surface area contributed by atoms with Crippen molar-refractivity contribution in [2.24, 2.45) is 0 Å². The summed E-state index contributed by atoms with van der Waals surface area (Å²) in [6.45, 7) is 1.93. The molecule has 9 nitrogen and oxygen atoms in total. The first-order valence-electron chi connectivity index (χ1n) is 10.8. The summed E-state index contributed by atoms with van der Waals surface area (Å²) in [4.78, 5) is 44.6. The number of hydrogen-bond donors (Lipinski definition) is 0. The van der Waals surface area contributed by atoms with E-state index in [1.807, 2.05) is 17.5 Å². The molecular formula is C25H19N3O6S. The second-order valence-corrected chi connectivity index (χ2v) is 8.52. The van der Waals surface area contributed by atoms with Crippen molar-refractivity contribution in [2.45, 2.75) is 20.1 Å². The fraction of sp³-hybridized carbons (Fsp3) is 0.160. The summed E-state index contributed by atoms with van der Waals surface area (Å²) in [6.07, 6.45) is 0. The summed E-state index contributed by atoms with van der Waals surface area (Å²) in [7, 11) is 0. The van der Waals surface area contributed by atoms with Gasteiger partial charge in [-0.25, -0.2) is 4.79 Å². The van der Waals surface area contributed by atoms with Crippen molar-refractivity contribution in [3.63, 3.8) is 0 Å². The second-order valence-electron chi connectivity index (χ2n) is 7.57. The maximum absolute atomic E-state index is 12.9. The third-order valence-electron chi connectivity index (χ3n) is 5.32. The number of fused-ring (bicyclic) bond motifs is 1. The number of carbonyl (C=O) groups is 3. The van der Waals surface area contributed by atoms with Crippen molar-refractivity contribution in [3.05, 3.63) is 88.1 Å². The standard InChI is InChI=1S/C25H19N3O6S/c1-2-32-19-10-9-15(13-28-23(29)16-6-3-4-7-17(16)24(28)30)12-18(19)25(31)33-14-21-26-22(27-34-21)20-8-5-11-35-20/h3-12H,2,13-14H2,1H3. The number of hydrogen-bond acceptors (Lipinski definition) is 9. The lowest BCUT2D eigenvalue weighted by molar-refractivity contribution is 0.0425. The van der Waals surface area contributed by atoms with Crippen LogP contribution in [-0.2, 0) is 17.9 Å². The lowest BCUT2D eigenvalue weighted by Gasteiger charge is -2.16. The van der Waals surface area contributed by atoms with Gasteiger partial charge in [0, 0.05) is 0 Å². The molecule has 0 atom stereocenters. The molecule has 0 aliphatic carbocycles. The second kappa shape index (κ2) is 9.51. The summed E-state index contributed by atoms with van der Waals surface area (Å²) in [6, 6.07) is 15.3. The molecule has 1 aliphatic heterocycles. The zero-order valence-electron chi connectivity index (χ0n) is 18.6. The van der Waals surface area contributed by atoms with Gasteiger partial charge in [0.05, 0.1) is 29.2 Å². The quantitative estimate of drug-likeness (QED) is 0.265. The Hall–Kier alpha value is -4.31. The molecule has 2 aromatic carbocycles. The van der Waals surface area contributed by atoms with Gasteiger partial charge in [-0.1, -0.05) is 29.4 Å². The van der Waals surface area contributed by atoms with Crippen LogP contribution in [0.4, 0.5) is 0 Å². The molecule has 10 heteroatoms. The molecular weight excluding hydrogens is 470 g/mol. The Morgan fingerprint density at radius 2 is 1.83 bits per heavy atom. The highest BCUT2D eigenvalue weighted by atomic mass is 32.1. The number of imide groups is 1. The van der Waals surface area contributed by atoms with Gasteiger partial charge in [-0.15, -0.1) is 11.3 Å². The first-order chi connectivity index (χ1) is 17.0. The van der Waals surface area contributed by atoms with Crippen molar-refractivity contribution in [1.82, 2.24) is 15.0 Å². The number of ether oxygens (including phenoxy) is 2. The number of amides is 2. The van der Waals surface area contributed by atoms with Gasteiger partial charge in [0.1, 0.15) is 11.3 Å². The third-order valence-corrected chi connectivity index (χ3v) is 6.18. The van der Waals surface area contributed by atoms with Crippen molar-refractivity contribution >= 4 is 29.1 Å². The van der Waals surface area contributed by atoms with Gasteiger partial charge in [-0.05, 0) is 48.2 Å². The van der Waals surface area contributed by atoms with E-state index in [0.717, 1.165) is 9.78 Å². The highest BCUT2D eigenvalue weighted by molar-refractivity contribution is 7.13. The number of nitrogens with zero attached hydrogens (tertiary/aromatic N) is 3. The molecule has 0 unspecified atom stereocenters. The van der Waals surface area contributed by atoms with Crippen molar-refractivity contribution in [3.8, 4) is 16.5 Å². The molecule has 3 heterocycles. The van der Waals surface area contributed by atoms with E-state index in [1.165, 1.54) is 11.3 Å². The van der Waals surface area contributed by atoms with Crippen LogP contribution in [0, 0.1) is 0 Å². The number of rotatable bonds is 8. The van der Waals surface area contributed by atoms with E-state index in [2.05, 4.69) is 10.1 Å². The molecule has 0 saturated carbocycles. The maximum atomic E-state index is 12.9. The van der Waals surface area contributed by atoms with E-state index in [-0.39, 0.29) is 36.4 Å². The van der Waals surface area contributed by atoms with Crippen LogP contribution in [0.5, 0.6) is 5.75 Å². The lowest BCUT2D eigenvalue weighted by Crippen LogP contribution is -2.29. The summed E-state index contributed by atoms with van der Waals surface area (Å²) < 4.78 is 16.1. The Kier molecular flexibility index (Phi) is 6.11. The average molecular weight is 490 g/mol. The van der Waals surface area contributed by atoms with Crippen molar-refractivity contribution < 1.29 is 28.4 Å². The largest absolute Gasteiger partial charge is 0.493 e. The fourth-order valence-electron chi connectivity index (χ4n) is 3.71. The Bertz CT molecular complexity index is 1380. The normalized spacial score (nSPS) is 12.7. The highest BCUT2D eigenvalue weighted by Gasteiger charge is 2.35. The SMILES string of the molecule is CCOc1ccc(CN2C(=O)c3ccccc3C2=O)cc1C(=O)OCc1nc(-c2cccs2)no1. The smallest absolute Gasteiger partial charge is 0.342 e. The summed E-state index contributed by atoms with van der Waals surface area (Å²) >= 11 is 1.47. The van der Waals surface area contributed by atoms with E-state index in [4.69, 9.17) is 14.0 Å². The minimum absolute atomic E-state index is 0.00681. The van der Waals surface area contributed by atoms with Crippen molar-refractivity contribution in [2.75, 3.05) is 6.61 Å². The molecule has 4 aromatic rings. The molecule has 0 radical (unpaired) electrons. The fourth-order valence-corrected chi connectivity index (χ4v) is 4.36. The summed E-state index contributed by atoms with van der Waals surface area (Å²) in [5, 5.41) is 5.80. The number of esters is 1. The van der Waals surface area contributed by atoms with Crippen LogP contribution in [0.1, 0.15) is 49.5 Å². The Morgan fingerprint density at radius 1 is 1.06 bits per heavy atom. The molecule has 0 spiro atoms. The van der Waals surface area contributed by atoms with Gasteiger partial charge in [-0.3, -0.25) is 14.5 Å². The van der Waals surface area contributed by atoms with Crippen LogP contribution in [0.15, 0.2) is 64.5 Å². The number of carbonyl (C=O) groups excluding carboxylic acids is 3. The molecule has 176 valence electrons. The van der Waals surface area contributed by atoms with Crippen molar-refractivity contribution in [1.29, 1.82) is 0 Å². The minimum Gasteiger partial charge on any atom is -0.493 e. The Balaban J connectivity index is 1.32. The van der Waals surface area contributed by atoms with E-state index < -0.39 is 5.97 Å². The predicted molar refractivity (Wildman–Crippen MR) is 125 cm³/mol. The molecule has 0 bridgehead atoms. The monoisotopic (exact) mass is 489 g/mol. The Morgan fingerprint density at radius 3 is 2.51 bits per heavy atom. The first kappa shape index (κ1) is 22.5. The van der Waals surface area contributed by atoms with Crippen LogP contribution >= 0.6 is 11.3 Å². The first-order valence-corrected chi connectivity index (χ1v) is 11.7. The maximum Gasteiger partial charge on any atom is 0.342 e. The number of thiophene rings is 1. The van der Waals surface area contributed by atoms with Crippen LogP contribution in [0.3, 0.4) is 0 Å². The van der Waals surface area contributed by atoms with Gasteiger partial charge >= 0.3 is 5.97 Å². The molecule has 5 rings (SSSR count).